The second kappa shape index (κ2) is 8.31. The number of allylic oxidation sites excluding steroid dienone is 6. The fourth-order valence-corrected chi connectivity index (χ4v) is 2.68. The molecule has 0 amide bonds. The van der Waals surface area contributed by atoms with E-state index in [9.17, 15) is 8.78 Å². The summed E-state index contributed by atoms with van der Waals surface area (Å²) in [5, 5.41) is 3.27. The topological polar surface area (TPSA) is 27.6 Å². The molecule has 5 heteroatoms. The van der Waals surface area contributed by atoms with Gasteiger partial charge in [-0.1, -0.05) is 13.8 Å². The fourth-order valence-electron chi connectivity index (χ4n) is 2.68. The molecule has 1 aliphatic carbocycles. The predicted molar refractivity (Wildman–Crippen MR) is 91.8 cm³/mol. The van der Waals surface area contributed by atoms with E-state index in [0.29, 0.717) is 23.4 Å². The van der Waals surface area contributed by atoms with Gasteiger partial charge in [-0.2, -0.15) is 0 Å². The number of rotatable bonds is 5. The zero-order chi connectivity index (χ0) is 16.8. The van der Waals surface area contributed by atoms with Gasteiger partial charge in [0.2, 0.25) is 0 Å². The SMILES string of the molecule is C=N/C(=C\C(F)=C1\C=C(CN2CCNCC2)C(F)=CC1)C(C)C. The highest BCUT2D eigenvalue weighted by molar-refractivity contribution is 5.45. The van der Waals surface area contributed by atoms with E-state index >= 15 is 0 Å². The molecule has 3 nitrogen and oxygen atoms in total. The second-order valence-electron chi connectivity index (χ2n) is 6.21. The first-order chi connectivity index (χ1) is 11.0. The monoisotopic (exact) mass is 321 g/mol. The maximum atomic E-state index is 14.5. The zero-order valence-electron chi connectivity index (χ0n) is 13.9. The Morgan fingerprint density at radius 3 is 2.74 bits per heavy atom. The number of piperazine rings is 1. The molecule has 0 aromatic carbocycles. The molecule has 0 aromatic rings. The van der Waals surface area contributed by atoms with E-state index in [4.69, 9.17) is 0 Å². The van der Waals surface area contributed by atoms with Gasteiger partial charge >= 0.3 is 0 Å². The van der Waals surface area contributed by atoms with Crippen molar-refractivity contribution in [3.05, 3.63) is 46.7 Å². The third kappa shape index (κ3) is 4.94. The standard InChI is InChI=1S/C18H25F2N3/c1-13(2)18(21-3)11-17(20)14-4-5-16(19)15(10-14)12-23-8-6-22-7-9-23/h5,10-11,13,22H,3-4,6-9,12H2,1-2H3/b17-14-,18-11-. The van der Waals surface area contributed by atoms with Crippen LogP contribution in [0.1, 0.15) is 20.3 Å². The van der Waals surface area contributed by atoms with Gasteiger partial charge in [-0.15, -0.1) is 0 Å². The fraction of sp³-hybridized carbons (Fsp3) is 0.500. The van der Waals surface area contributed by atoms with Gasteiger partial charge in [-0.25, -0.2) is 8.78 Å². The molecule has 0 saturated carbocycles. The third-order valence-corrected chi connectivity index (χ3v) is 4.12. The maximum Gasteiger partial charge on any atom is 0.128 e. The molecule has 1 aliphatic heterocycles. The van der Waals surface area contributed by atoms with Gasteiger partial charge in [-0.05, 0) is 42.9 Å². The lowest BCUT2D eigenvalue weighted by molar-refractivity contribution is 0.258. The third-order valence-electron chi connectivity index (χ3n) is 4.12. The van der Waals surface area contributed by atoms with Crippen LogP contribution in [0.4, 0.5) is 8.78 Å². The predicted octanol–water partition coefficient (Wildman–Crippen LogP) is 3.54. The van der Waals surface area contributed by atoms with E-state index in [1.54, 1.807) is 6.08 Å². The summed E-state index contributed by atoms with van der Waals surface area (Å²) in [6.45, 7) is 11.4. The lowest BCUT2D eigenvalue weighted by Crippen LogP contribution is -2.44. The Bertz CT molecular complexity index is 565. The van der Waals surface area contributed by atoms with Crippen LogP contribution >= 0.6 is 0 Å². The van der Waals surface area contributed by atoms with Crippen molar-refractivity contribution in [3.63, 3.8) is 0 Å². The molecule has 23 heavy (non-hydrogen) atoms. The molecule has 0 atom stereocenters. The minimum atomic E-state index is -0.359. The molecule has 0 bridgehead atoms. The lowest BCUT2D eigenvalue weighted by Gasteiger charge is -2.28. The minimum absolute atomic E-state index is 0.0963. The first-order valence-corrected chi connectivity index (χ1v) is 8.08. The Morgan fingerprint density at radius 1 is 1.43 bits per heavy atom. The quantitative estimate of drug-likeness (QED) is 0.784. The van der Waals surface area contributed by atoms with E-state index in [2.05, 4.69) is 21.9 Å². The van der Waals surface area contributed by atoms with Crippen LogP contribution in [0.5, 0.6) is 0 Å². The number of nitrogens with zero attached hydrogens (tertiary/aromatic N) is 2. The van der Waals surface area contributed by atoms with Gasteiger partial charge in [0.15, 0.2) is 0 Å². The maximum absolute atomic E-state index is 14.5. The summed E-state index contributed by atoms with van der Waals surface area (Å²) in [7, 11) is 0. The Morgan fingerprint density at radius 2 is 2.13 bits per heavy atom. The van der Waals surface area contributed by atoms with Crippen molar-refractivity contribution in [2.24, 2.45) is 10.9 Å². The van der Waals surface area contributed by atoms with Crippen LogP contribution in [0, 0.1) is 5.92 Å². The lowest BCUT2D eigenvalue weighted by atomic mass is 9.98. The summed E-state index contributed by atoms with van der Waals surface area (Å²) in [5.74, 6) is -0.503. The van der Waals surface area contributed by atoms with Gasteiger partial charge < -0.3 is 5.32 Å². The van der Waals surface area contributed by atoms with Crippen LogP contribution in [0.25, 0.3) is 0 Å². The molecular formula is C18H25F2N3. The average molecular weight is 321 g/mol. The number of hydrogen-bond acceptors (Lipinski definition) is 3. The first kappa shape index (κ1) is 17.8. The summed E-state index contributed by atoms with van der Waals surface area (Å²) in [4.78, 5) is 6.04. The van der Waals surface area contributed by atoms with Crippen LogP contribution in [-0.4, -0.2) is 44.3 Å². The largest absolute Gasteiger partial charge is 0.314 e. The molecule has 1 saturated heterocycles. The molecule has 2 aliphatic rings. The van der Waals surface area contributed by atoms with Crippen LogP contribution < -0.4 is 5.32 Å². The molecule has 1 N–H and O–H groups in total. The van der Waals surface area contributed by atoms with Crippen LogP contribution in [0.2, 0.25) is 0 Å². The Labute approximate surface area is 137 Å². The normalized spacial score (nSPS) is 22.7. The van der Waals surface area contributed by atoms with E-state index in [1.807, 2.05) is 13.8 Å². The molecule has 0 aromatic heterocycles. The summed E-state index contributed by atoms with van der Waals surface area (Å²) >= 11 is 0. The highest BCUT2D eigenvalue weighted by Crippen LogP contribution is 2.28. The van der Waals surface area contributed by atoms with Crippen molar-refractivity contribution in [2.75, 3.05) is 32.7 Å². The smallest absolute Gasteiger partial charge is 0.128 e. The van der Waals surface area contributed by atoms with Crippen LogP contribution in [-0.2, 0) is 0 Å². The van der Waals surface area contributed by atoms with E-state index in [0.717, 1.165) is 26.2 Å². The van der Waals surface area contributed by atoms with Crippen LogP contribution in [0.15, 0.2) is 51.7 Å². The highest BCUT2D eigenvalue weighted by Gasteiger charge is 2.18. The van der Waals surface area contributed by atoms with E-state index < -0.39 is 0 Å². The molecule has 0 spiro atoms. The molecule has 0 radical (unpaired) electrons. The first-order valence-electron chi connectivity index (χ1n) is 8.08. The summed E-state index contributed by atoms with van der Waals surface area (Å²) < 4.78 is 28.5. The number of aliphatic imine (C=N–C) groups is 1. The molecule has 1 heterocycles. The van der Waals surface area contributed by atoms with Crippen molar-refractivity contribution in [1.82, 2.24) is 10.2 Å². The number of nitrogens with one attached hydrogen (secondary N) is 1. The molecule has 2 rings (SSSR count). The van der Waals surface area contributed by atoms with Crippen molar-refractivity contribution in [2.45, 2.75) is 20.3 Å². The average Bonchev–Trinajstić information content (AvgIpc) is 2.55. The molecule has 0 unspecified atom stereocenters. The van der Waals surface area contributed by atoms with E-state index in [1.165, 1.54) is 12.2 Å². The van der Waals surface area contributed by atoms with Gasteiger partial charge in [0.1, 0.15) is 11.7 Å². The van der Waals surface area contributed by atoms with Gasteiger partial charge in [0.05, 0.1) is 0 Å². The minimum Gasteiger partial charge on any atom is -0.314 e. The Kier molecular flexibility index (Phi) is 6.42. The van der Waals surface area contributed by atoms with Gasteiger partial charge in [-0.3, -0.25) is 9.89 Å². The van der Waals surface area contributed by atoms with Crippen LogP contribution in [0.3, 0.4) is 0 Å². The molecule has 1 fully saturated rings. The Hall–Kier alpha value is -1.59. The van der Waals surface area contributed by atoms with Crippen molar-refractivity contribution < 1.29 is 8.78 Å². The second-order valence-corrected chi connectivity index (χ2v) is 6.21. The van der Waals surface area contributed by atoms with Crippen molar-refractivity contribution in [1.29, 1.82) is 0 Å². The van der Waals surface area contributed by atoms with E-state index in [-0.39, 0.29) is 24.0 Å². The summed E-state index contributed by atoms with van der Waals surface area (Å²) in [6.07, 6.45) is 4.77. The summed E-state index contributed by atoms with van der Waals surface area (Å²) in [6, 6.07) is 0. The zero-order valence-corrected chi connectivity index (χ0v) is 13.9. The van der Waals surface area contributed by atoms with Crippen molar-refractivity contribution in [3.8, 4) is 0 Å². The highest BCUT2D eigenvalue weighted by atomic mass is 19.1. The Balaban J connectivity index is 2.19. The number of halogens is 2. The van der Waals surface area contributed by atoms with Crippen molar-refractivity contribution >= 4 is 6.72 Å². The van der Waals surface area contributed by atoms with Gasteiger partial charge in [0.25, 0.3) is 0 Å². The summed E-state index contributed by atoms with van der Waals surface area (Å²) in [5.41, 5.74) is 1.65. The van der Waals surface area contributed by atoms with Gasteiger partial charge in [0, 0.05) is 44.0 Å². The molecule has 126 valence electrons. The molecular weight excluding hydrogens is 296 g/mol. The number of hydrogen-bond donors (Lipinski definition) is 1.